The van der Waals surface area contributed by atoms with Crippen molar-refractivity contribution in [3.63, 3.8) is 0 Å². The van der Waals surface area contributed by atoms with Crippen LogP contribution in [0.1, 0.15) is 29.9 Å². The SMILES string of the molecule is O=S(=O)(Cl)CCC1CCc2ccc(F)cc21. The van der Waals surface area contributed by atoms with Gasteiger partial charge in [-0.3, -0.25) is 0 Å². The molecule has 2 rings (SSSR count). The molecule has 0 amide bonds. The number of aryl methyl sites for hydroxylation is 1. The molecule has 1 aliphatic rings. The van der Waals surface area contributed by atoms with Gasteiger partial charge < -0.3 is 0 Å². The highest BCUT2D eigenvalue weighted by atomic mass is 35.7. The molecule has 5 heteroatoms. The maximum Gasteiger partial charge on any atom is 0.232 e. The van der Waals surface area contributed by atoms with Crippen molar-refractivity contribution in [1.29, 1.82) is 0 Å². The minimum absolute atomic E-state index is 0.0465. The van der Waals surface area contributed by atoms with Gasteiger partial charge in [-0.1, -0.05) is 6.07 Å². The lowest BCUT2D eigenvalue weighted by atomic mass is 9.99. The van der Waals surface area contributed by atoms with E-state index >= 15 is 0 Å². The summed E-state index contributed by atoms with van der Waals surface area (Å²) in [6, 6.07) is 4.73. The lowest BCUT2D eigenvalue weighted by Gasteiger charge is -2.09. The van der Waals surface area contributed by atoms with E-state index in [1.807, 2.05) is 0 Å². The van der Waals surface area contributed by atoms with Crippen LogP contribution in [0.2, 0.25) is 0 Å². The second-order valence-corrected chi connectivity index (χ2v) is 7.01. The van der Waals surface area contributed by atoms with Crippen molar-refractivity contribution in [3.05, 3.63) is 35.1 Å². The Kier molecular flexibility index (Phi) is 3.22. The third-order valence-corrected chi connectivity index (χ3v) is 4.21. The molecule has 1 atom stereocenters. The molecule has 88 valence electrons. The standard InChI is InChI=1S/C11H12ClFO2S/c12-16(14,15)6-5-9-2-1-8-3-4-10(13)7-11(8)9/h3-4,7,9H,1-2,5-6H2. The summed E-state index contributed by atoms with van der Waals surface area (Å²) >= 11 is 0. The first-order valence-electron chi connectivity index (χ1n) is 5.16. The van der Waals surface area contributed by atoms with Gasteiger partial charge in [0, 0.05) is 10.7 Å². The first kappa shape index (κ1) is 11.9. The quantitative estimate of drug-likeness (QED) is 0.785. The van der Waals surface area contributed by atoms with Gasteiger partial charge >= 0.3 is 0 Å². The Labute approximate surface area is 98.8 Å². The van der Waals surface area contributed by atoms with Crippen molar-refractivity contribution in [2.75, 3.05) is 5.75 Å². The van der Waals surface area contributed by atoms with Crippen LogP contribution in [0.5, 0.6) is 0 Å². The average Bonchev–Trinajstić information content (AvgIpc) is 2.56. The van der Waals surface area contributed by atoms with Crippen LogP contribution in [0.3, 0.4) is 0 Å². The molecule has 1 aliphatic carbocycles. The number of hydrogen-bond acceptors (Lipinski definition) is 2. The van der Waals surface area contributed by atoms with E-state index < -0.39 is 9.05 Å². The van der Waals surface area contributed by atoms with Gasteiger partial charge in [0.15, 0.2) is 0 Å². The van der Waals surface area contributed by atoms with E-state index in [1.165, 1.54) is 12.1 Å². The Morgan fingerprint density at radius 3 is 2.88 bits per heavy atom. The normalized spacial score (nSPS) is 19.8. The van der Waals surface area contributed by atoms with Gasteiger partial charge in [-0.15, -0.1) is 0 Å². The fourth-order valence-corrected chi connectivity index (χ4v) is 3.07. The molecule has 0 radical (unpaired) electrons. The predicted octanol–water partition coefficient (Wildman–Crippen LogP) is 2.81. The number of halogens is 2. The van der Waals surface area contributed by atoms with E-state index in [9.17, 15) is 12.8 Å². The number of rotatable bonds is 3. The summed E-state index contributed by atoms with van der Waals surface area (Å²) < 4.78 is 34.8. The van der Waals surface area contributed by atoms with Crippen LogP contribution < -0.4 is 0 Å². The van der Waals surface area contributed by atoms with E-state index in [0.717, 1.165) is 24.0 Å². The Hall–Kier alpha value is -0.610. The minimum atomic E-state index is -3.45. The number of hydrogen-bond donors (Lipinski definition) is 0. The lowest BCUT2D eigenvalue weighted by molar-refractivity contribution is 0.592. The van der Waals surface area contributed by atoms with Crippen molar-refractivity contribution < 1.29 is 12.8 Å². The van der Waals surface area contributed by atoms with Gasteiger partial charge in [0.05, 0.1) is 5.75 Å². The topological polar surface area (TPSA) is 34.1 Å². The summed E-state index contributed by atoms with van der Waals surface area (Å²) in [4.78, 5) is 0. The van der Waals surface area contributed by atoms with Gasteiger partial charge in [0.1, 0.15) is 5.82 Å². The summed E-state index contributed by atoms with van der Waals surface area (Å²) in [5.74, 6) is -0.187. The summed E-state index contributed by atoms with van der Waals surface area (Å²) in [6.45, 7) is 0. The van der Waals surface area contributed by atoms with Crippen molar-refractivity contribution in [3.8, 4) is 0 Å². The van der Waals surface area contributed by atoms with Crippen LogP contribution in [0.4, 0.5) is 4.39 Å². The lowest BCUT2D eigenvalue weighted by Crippen LogP contribution is -2.03. The zero-order valence-electron chi connectivity index (χ0n) is 8.62. The van der Waals surface area contributed by atoms with Gasteiger partial charge in [0.25, 0.3) is 0 Å². The Morgan fingerprint density at radius 1 is 1.44 bits per heavy atom. The number of fused-ring (bicyclic) bond motifs is 1. The van der Waals surface area contributed by atoms with Gasteiger partial charge in [-0.25, -0.2) is 12.8 Å². The first-order valence-corrected chi connectivity index (χ1v) is 7.64. The molecule has 0 aliphatic heterocycles. The zero-order chi connectivity index (χ0) is 11.8. The van der Waals surface area contributed by atoms with Crippen molar-refractivity contribution >= 4 is 19.7 Å². The molecule has 0 saturated heterocycles. The number of benzene rings is 1. The predicted molar refractivity (Wildman–Crippen MR) is 61.7 cm³/mol. The molecule has 1 aromatic rings. The van der Waals surface area contributed by atoms with E-state index in [2.05, 4.69) is 0 Å². The Balaban J connectivity index is 2.14. The highest BCUT2D eigenvalue weighted by Gasteiger charge is 2.24. The molecule has 0 fully saturated rings. The molecule has 0 bridgehead atoms. The maximum absolute atomic E-state index is 13.1. The summed E-state index contributed by atoms with van der Waals surface area (Å²) in [7, 11) is 1.72. The average molecular weight is 263 g/mol. The molecule has 0 aromatic heterocycles. The summed E-state index contributed by atoms with van der Waals surface area (Å²) in [5.41, 5.74) is 2.07. The zero-order valence-corrected chi connectivity index (χ0v) is 10.2. The van der Waals surface area contributed by atoms with Crippen molar-refractivity contribution in [2.45, 2.75) is 25.2 Å². The maximum atomic E-state index is 13.1. The van der Waals surface area contributed by atoms with Crippen LogP contribution in [-0.2, 0) is 15.5 Å². The molecule has 0 N–H and O–H groups in total. The highest BCUT2D eigenvalue weighted by molar-refractivity contribution is 8.13. The summed E-state index contributed by atoms with van der Waals surface area (Å²) in [6.07, 6.45) is 2.25. The van der Waals surface area contributed by atoms with Crippen LogP contribution >= 0.6 is 10.7 Å². The van der Waals surface area contributed by atoms with E-state index in [1.54, 1.807) is 6.07 Å². The van der Waals surface area contributed by atoms with Gasteiger partial charge in [-0.2, -0.15) is 0 Å². The molecule has 2 nitrogen and oxygen atoms in total. The summed E-state index contributed by atoms with van der Waals surface area (Å²) in [5, 5.41) is 0. The smallest absolute Gasteiger partial charge is 0.212 e. The fourth-order valence-electron chi connectivity index (χ4n) is 2.24. The second-order valence-electron chi connectivity index (χ2n) is 4.11. The fraction of sp³-hybridized carbons (Fsp3) is 0.455. The van der Waals surface area contributed by atoms with E-state index in [4.69, 9.17) is 10.7 Å². The van der Waals surface area contributed by atoms with Crippen molar-refractivity contribution in [1.82, 2.24) is 0 Å². The first-order chi connectivity index (χ1) is 7.46. The molecule has 1 aromatic carbocycles. The minimum Gasteiger partial charge on any atom is -0.212 e. The van der Waals surface area contributed by atoms with Crippen molar-refractivity contribution in [2.24, 2.45) is 0 Å². The molecule has 1 unspecified atom stereocenters. The molecule has 0 heterocycles. The molecular weight excluding hydrogens is 251 g/mol. The monoisotopic (exact) mass is 262 g/mol. The van der Waals surface area contributed by atoms with Crippen LogP contribution in [0, 0.1) is 5.82 Å². The Bertz CT molecular complexity index is 499. The van der Waals surface area contributed by atoms with Crippen LogP contribution in [-0.4, -0.2) is 14.2 Å². The highest BCUT2D eigenvalue weighted by Crippen LogP contribution is 2.36. The third-order valence-electron chi connectivity index (χ3n) is 3.02. The molecule has 16 heavy (non-hydrogen) atoms. The van der Waals surface area contributed by atoms with Gasteiger partial charge in [0.2, 0.25) is 9.05 Å². The van der Waals surface area contributed by atoms with E-state index in [0.29, 0.717) is 6.42 Å². The van der Waals surface area contributed by atoms with Gasteiger partial charge in [-0.05, 0) is 48.4 Å². The third kappa shape index (κ3) is 2.74. The molecule has 0 spiro atoms. The van der Waals surface area contributed by atoms with Crippen LogP contribution in [0.25, 0.3) is 0 Å². The van der Waals surface area contributed by atoms with E-state index in [-0.39, 0.29) is 17.5 Å². The molecule has 0 saturated carbocycles. The Morgan fingerprint density at radius 2 is 2.19 bits per heavy atom. The second kappa shape index (κ2) is 4.34. The largest absolute Gasteiger partial charge is 0.232 e. The van der Waals surface area contributed by atoms with Crippen LogP contribution in [0.15, 0.2) is 18.2 Å². The molecular formula is C11H12ClFO2S.